The number of hydrogen-bond acceptors (Lipinski definition) is 6. The van der Waals surface area contributed by atoms with E-state index in [-0.39, 0.29) is 20.1 Å². The van der Waals surface area contributed by atoms with Gasteiger partial charge in [0.1, 0.15) is 0 Å². The molecule has 0 aliphatic carbocycles. The molecule has 0 aliphatic rings. The van der Waals surface area contributed by atoms with Crippen LogP contribution in [0.1, 0.15) is 5.56 Å². The van der Waals surface area contributed by atoms with E-state index in [1.54, 1.807) is 12.4 Å². The number of rotatable bonds is 3. The molecule has 6 nitrogen and oxygen atoms in total. The minimum absolute atomic E-state index is 0. The first-order chi connectivity index (χ1) is 15.3. The summed E-state index contributed by atoms with van der Waals surface area (Å²) >= 11 is 0. The quantitative estimate of drug-likeness (QED) is 0.292. The topological polar surface area (TPSA) is 110 Å². The molecule has 4 rings (SSSR count). The Balaban J connectivity index is 0.00000127. The predicted molar refractivity (Wildman–Crippen MR) is 116 cm³/mol. The van der Waals surface area contributed by atoms with Gasteiger partial charge in [0, 0.05) is 12.4 Å². The van der Waals surface area contributed by atoms with Gasteiger partial charge in [0.05, 0.1) is 22.8 Å². The fourth-order valence-electron chi connectivity index (χ4n) is 2.73. The van der Waals surface area contributed by atoms with Gasteiger partial charge < -0.3 is 35.5 Å². The van der Waals surface area contributed by atoms with Crippen LogP contribution in [0.15, 0.2) is 85.2 Å². The third kappa shape index (κ3) is 7.56. The van der Waals surface area contributed by atoms with Crippen LogP contribution in [0, 0.1) is 42.4 Å². The molecule has 0 amide bonds. The Morgan fingerprint density at radius 2 is 1.00 bits per heavy atom. The van der Waals surface area contributed by atoms with Crippen LogP contribution in [0.5, 0.6) is 0 Å². The Hall–Kier alpha value is -4.21. The van der Waals surface area contributed by atoms with Gasteiger partial charge in [-0.05, 0) is 54.4 Å². The molecule has 4 aromatic rings. The van der Waals surface area contributed by atoms with Gasteiger partial charge in [0.2, 0.25) is 0 Å². The van der Waals surface area contributed by atoms with Crippen molar-refractivity contribution in [3.05, 3.63) is 110 Å². The second-order valence-corrected chi connectivity index (χ2v) is 5.92. The van der Waals surface area contributed by atoms with Gasteiger partial charge in [0.25, 0.3) is 0 Å². The van der Waals surface area contributed by atoms with Gasteiger partial charge in [0.15, 0.2) is 0 Å². The van der Waals surface area contributed by atoms with Crippen molar-refractivity contribution < 1.29 is 20.1 Å². The SMILES string of the molecule is Cc1ccc(-c2cc(-c3ccccn3)nc(-c3ccccn3)c2)cc1.[C-]#N.[C-]#N.[C-]#N.[Ir+3]. The van der Waals surface area contributed by atoms with Crippen molar-refractivity contribution in [1.29, 1.82) is 15.8 Å². The first-order valence-electron chi connectivity index (χ1n) is 8.89. The van der Waals surface area contributed by atoms with Gasteiger partial charge in [-0.3, -0.25) is 9.97 Å². The molecule has 0 N–H and O–H groups in total. The first kappa shape index (κ1) is 27.8. The van der Waals surface area contributed by atoms with Crippen molar-refractivity contribution in [2.45, 2.75) is 6.92 Å². The van der Waals surface area contributed by atoms with Crippen LogP contribution in [0.4, 0.5) is 0 Å². The van der Waals surface area contributed by atoms with Crippen LogP contribution in [-0.2, 0) is 20.1 Å². The molecule has 0 spiro atoms. The zero-order valence-electron chi connectivity index (χ0n) is 17.1. The molecule has 0 fully saturated rings. The molecule has 156 valence electrons. The molecule has 32 heavy (non-hydrogen) atoms. The van der Waals surface area contributed by atoms with E-state index in [0.717, 1.165) is 33.9 Å². The maximum Gasteiger partial charge on any atom is 3.00 e. The van der Waals surface area contributed by atoms with Crippen molar-refractivity contribution >= 4 is 0 Å². The largest absolute Gasteiger partial charge is 3.00 e. The average Bonchev–Trinajstić information content (AvgIpc) is 2.89. The number of hydrogen-bond donors (Lipinski definition) is 0. The molecule has 0 atom stereocenters. The Morgan fingerprint density at radius 3 is 1.38 bits per heavy atom. The second kappa shape index (κ2) is 15.6. The van der Waals surface area contributed by atoms with Crippen LogP contribution in [0.25, 0.3) is 33.9 Å². The van der Waals surface area contributed by atoms with Crippen molar-refractivity contribution in [2.24, 2.45) is 0 Å². The molecule has 0 saturated carbocycles. The van der Waals surface area contributed by atoms with E-state index in [9.17, 15) is 0 Å². The van der Waals surface area contributed by atoms with E-state index in [0.29, 0.717) is 0 Å². The smallest absolute Gasteiger partial charge is 0.512 e. The molecule has 0 saturated heterocycles. The van der Waals surface area contributed by atoms with E-state index >= 15 is 0 Å². The molecule has 0 unspecified atom stereocenters. The molecule has 7 heteroatoms. The summed E-state index contributed by atoms with van der Waals surface area (Å²) in [6.45, 7) is 16.3. The van der Waals surface area contributed by atoms with Crippen LogP contribution in [-0.4, -0.2) is 15.0 Å². The minimum Gasteiger partial charge on any atom is -0.512 e. The Bertz CT molecular complexity index is 1050. The minimum atomic E-state index is 0. The zero-order valence-corrected chi connectivity index (χ0v) is 19.5. The summed E-state index contributed by atoms with van der Waals surface area (Å²) in [5.74, 6) is 0. The molecule has 1 aromatic carbocycles. The van der Waals surface area contributed by atoms with Gasteiger partial charge in [-0.25, -0.2) is 4.98 Å². The summed E-state index contributed by atoms with van der Waals surface area (Å²) in [7, 11) is 0. The average molecular weight is 594 g/mol. The Morgan fingerprint density at radius 1 is 0.562 bits per heavy atom. The molecule has 3 aromatic heterocycles. The monoisotopic (exact) mass is 594 g/mol. The molecule has 0 radical (unpaired) electrons. The number of nitrogens with zero attached hydrogens (tertiary/aromatic N) is 6. The van der Waals surface area contributed by atoms with Crippen LogP contribution in [0.2, 0.25) is 0 Å². The fraction of sp³-hybridized carbons (Fsp3) is 0.0400. The number of aryl methyl sites for hydroxylation is 1. The van der Waals surface area contributed by atoms with E-state index in [4.69, 9.17) is 40.5 Å². The summed E-state index contributed by atoms with van der Waals surface area (Å²) in [5.41, 5.74) is 6.91. The molecule has 0 aliphatic heterocycles. The number of pyridine rings is 3. The predicted octanol–water partition coefficient (Wildman–Crippen LogP) is 5.47. The number of benzene rings is 1. The third-order valence-corrected chi connectivity index (χ3v) is 4.06. The zero-order chi connectivity index (χ0) is 23.1. The molecular formula is C25H17IrN6. The van der Waals surface area contributed by atoms with Gasteiger partial charge in [-0.15, -0.1) is 0 Å². The van der Waals surface area contributed by atoms with Gasteiger partial charge >= 0.3 is 20.1 Å². The van der Waals surface area contributed by atoms with Crippen molar-refractivity contribution in [3.63, 3.8) is 0 Å². The van der Waals surface area contributed by atoms with E-state index in [1.165, 1.54) is 5.56 Å². The Labute approximate surface area is 201 Å². The van der Waals surface area contributed by atoms with E-state index < -0.39 is 0 Å². The van der Waals surface area contributed by atoms with Crippen molar-refractivity contribution in [1.82, 2.24) is 15.0 Å². The van der Waals surface area contributed by atoms with Crippen LogP contribution < -0.4 is 0 Å². The summed E-state index contributed by atoms with van der Waals surface area (Å²) < 4.78 is 0. The molecule has 3 heterocycles. The van der Waals surface area contributed by atoms with Crippen LogP contribution in [0.3, 0.4) is 0 Å². The van der Waals surface area contributed by atoms with Gasteiger partial charge in [-0.2, -0.15) is 0 Å². The van der Waals surface area contributed by atoms with Gasteiger partial charge in [-0.1, -0.05) is 42.0 Å². The number of aromatic nitrogens is 3. The molecule has 0 bridgehead atoms. The summed E-state index contributed by atoms with van der Waals surface area (Å²) in [4.78, 5) is 13.7. The Kier molecular flexibility index (Phi) is 13.6. The van der Waals surface area contributed by atoms with E-state index in [2.05, 4.69) is 53.3 Å². The van der Waals surface area contributed by atoms with Crippen molar-refractivity contribution in [2.75, 3.05) is 0 Å². The first-order valence-corrected chi connectivity index (χ1v) is 8.89. The normalized spacial score (nSPS) is 8.47. The fourth-order valence-corrected chi connectivity index (χ4v) is 2.73. The summed E-state index contributed by atoms with van der Waals surface area (Å²) in [5, 5.41) is 18.8. The second-order valence-electron chi connectivity index (χ2n) is 5.92. The van der Waals surface area contributed by atoms with E-state index in [1.807, 2.05) is 36.4 Å². The third-order valence-electron chi connectivity index (χ3n) is 4.06. The van der Waals surface area contributed by atoms with Crippen molar-refractivity contribution in [3.8, 4) is 33.9 Å². The van der Waals surface area contributed by atoms with Crippen LogP contribution >= 0.6 is 0 Å². The maximum absolute atomic E-state index is 6.25. The summed E-state index contributed by atoms with van der Waals surface area (Å²) in [6.07, 6.45) is 3.58. The summed E-state index contributed by atoms with van der Waals surface area (Å²) in [6, 6.07) is 24.4. The molecular weight excluding hydrogens is 577 g/mol. The standard InChI is InChI=1S/C22H17N3.3CN.Ir/c1-16-8-10-17(11-9-16)18-14-21(19-6-2-4-12-23-19)25-22(15-18)20-7-3-5-13-24-20;3*1-2;/h2-15H,1H3;;;;/q;3*-1;+3. The maximum atomic E-state index is 6.25.